The van der Waals surface area contributed by atoms with E-state index in [1.807, 2.05) is 6.07 Å². The highest BCUT2D eigenvalue weighted by atomic mass is 16.3. The molecule has 0 fully saturated rings. The van der Waals surface area contributed by atoms with E-state index in [1.54, 1.807) is 0 Å². The number of fused-ring (bicyclic) bond motifs is 7. The van der Waals surface area contributed by atoms with Crippen molar-refractivity contribution < 1.29 is 4.42 Å². The van der Waals surface area contributed by atoms with Crippen molar-refractivity contribution in [3.8, 4) is 44.5 Å². The molecule has 1 aromatic heterocycles. The molecule has 2 heteroatoms. The van der Waals surface area contributed by atoms with Crippen LogP contribution in [0.3, 0.4) is 0 Å². The Labute approximate surface area is 403 Å². The predicted molar refractivity (Wildman–Crippen MR) is 290 cm³/mol. The normalized spacial score (nSPS) is 18.1. The van der Waals surface area contributed by atoms with Crippen LogP contribution in [0, 0.1) is 5.41 Å². The second-order valence-corrected chi connectivity index (χ2v) is 19.0. The fourth-order valence-corrected chi connectivity index (χ4v) is 12.1. The topological polar surface area (TPSA) is 16.4 Å². The van der Waals surface area contributed by atoms with Crippen molar-refractivity contribution in [2.75, 3.05) is 4.90 Å². The van der Waals surface area contributed by atoms with Crippen molar-refractivity contribution in [1.29, 1.82) is 0 Å². The quantitative estimate of drug-likeness (QED) is 0.151. The summed E-state index contributed by atoms with van der Waals surface area (Å²) < 4.78 is 6.55. The molecule has 0 N–H and O–H groups in total. The van der Waals surface area contributed by atoms with Crippen molar-refractivity contribution in [3.05, 3.63) is 272 Å². The second-order valence-electron chi connectivity index (χ2n) is 19.0. The fourth-order valence-electron chi connectivity index (χ4n) is 12.1. The van der Waals surface area contributed by atoms with E-state index in [0.717, 1.165) is 55.7 Å². The Morgan fingerprint density at radius 3 is 1.74 bits per heavy atom. The number of hydrogen-bond acceptors (Lipinski definition) is 2. The van der Waals surface area contributed by atoms with Crippen LogP contribution in [0.25, 0.3) is 77.2 Å². The first-order chi connectivity index (χ1) is 34.0. The molecule has 13 rings (SSSR count). The monoisotopic (exact) mass is 883 g/mol. The zero-order valence-electron chi connectivity index (χ0n) is 38.7. The van der Waals surface area contributed by atoms with E-state index in [0.29, 0.717) is 0 Å². The van der Waals surface area contributed by atoms with Crippen molar-refractivity contribution in [3.63, 3.8) is 0 Å². The summed E-state index contributed by atoms with van der Waals surface area (Å²) in [6.07, 6.45) is 9.42. The molecular weight excluding hydrogens is 835 g/mol. The van der Waals surface area contributed by atoms with Gasteiger partial charge in [0.05, 0.1) is 17.1 Å². The molecule has 10 aromatic carbocycles. The zero-order valence-corrected chi connectivity index (χ0v) is 38.7. The maximum Gasteiger partial charge on any atom is 0.136 e. The third kappa shape index (κ3) is 6.25. The summed E-state index contributed by atoms with van der Waals surface area (Å²) in [4.78, 5) is 2.54. The average molecular weight is 884 g/mol. The van der Waals surface area contributed by atoms with Gasteiger partial charge in [-0.05, 0) is 91.7 Å². The van der Waals surface area contributed by atoms with Gasteiger partial charge in [0.2, 0.25) is 0 Å². The molecule has 3 atom stereocenters. The van der Waals surface area contributed by atoms with Gasteiger partial charge in [-0.1, -0.05) is 232 Å². The minimum absolute atomic E-state index is 0.155. The Kier molecular flexibility index (Phi) is 9.52. The van der Waals surface area contributed by atoms with Gasteiger partial charge in [-0.2, -0.15) is 0 Å². The van der Waals surface area contributed by atoms with Gasteiger partial charge in [-0.25, -0.2) is 0 Å². The van der Waals surface area contributed by atoms with E-state index in [2.05, 4.69) is 268 Å². The second kappa shape index (κ2) is 16.1. The maximum absolute atomic E-state index is 6.55. The Morgan fingerprint density at radius 1 is 0.420 bits per heavy atom. The van der Waals surface area contributed by atoms with E-state index < -0.39 is 0 Å². The van der Waals surface area contributed by atoms with Gasteiger partial charge < -0.3 is 9.32 Å². The van der Waals surface area contributed by atoms with Crippen LogP contribution in [0.15, 0.2) is 259 Å². The van der Waals surface area contributed by atoms with Crippen LogP contribution in [0.2, 0.25) is 0 Å². The molecule has 2 aliphatic rings. The largest absolute Gasteiger partial charge is 0.456 e. The molecule has 0 saturated carbocycles. The van der Waals surface area contributed by atoms with Gasteiger partial charge in [-0.15, -0.1) is 0 Å². The molecular formula is C67H49NO. The summed E-state index contributed by atoms with van der Waals surface area (Å²) in [7, 11) is 0. The molecule has 2 aliphatic carbocycles. The number of nitrogens with zero attached hydrogens (tertiary/aromatic N) is 1. The van der Waals surface area contributed by atoms with Gasteiger partial charge in [0.1, 0.15) is 11.2 Å². The molecule has 0 amide bonds. The van der Waals surface area contributed by atoms with Crippen LogP contribution >= 0.6 is 0 Å². The predicted octanol–water partition coefficient (Wildman–Crippen LogP) is 18.4. The van der Waals surface area contributed by atoms with Crippen LogP contribution in [-0.2, 0) is 5.41 Å². The van der Waals surface area contributed by atoms with Crippen LogP contribution in [0.4, 0.5) is 17.1 Å². The Balaban J connectivity index is 1.09. The lowest BCUT2D eigenvalue weighted by Gasteiger charge is -2.44. The van der Waals surface area contributed by atoms with E-state index in [-0.39, 0.29) is 16.7 Å². The van der Waals surface area contributed by atoms with E-state index in [1.165, 1.54) is 55.3 Å². The lowest BCUT2D eigenvalue weighted by atomic mass is 9.58. The number of anilines is 3. The van der Waals surface area contributed by atoms with Crippen LogP contribution in [0.5, 0.6) is 0 Å². The third-order valence-corrected chi connectivity index (χ3v) is 15.6. The van der Waals surface area contributed by atoms with Crippen molar-refractivity contribution >= 4 is 49.8 Å². The highest BCUT2D eigenvalue weighted by Crippen LogP contribution is 2.66. The first-order valence-electron chi connectivity index (χ1n) is 24.1. The summed E-state index contributed by atoms with van der Waals surface area (Å²) in [6, 6.07) is 84.4. The molecule has 1 heterocycles. The molecule has 0 radical (unpaired) electrons. The lowest BCUT2D eigenvalue weighted by Crippen LogP contribution is -2.39. The van der Waals surface area contributed by atoms with Crippen molar-refractivity contribution in [2.45, 2.75) is 25.2 Å². The van der Waals surface area contributed by atoms with Crippen LogP contribution in [-0.4, -0.2) is 0 Å². The van der Waals surface area contributed by atoms with Gasteiger partial charge in [0.15, 0.2) is 0 Å². The van der Waals surface area contributed by atoms with Gasteiger partial charge in [0.25, 0.3) is 0 Å². The van der Waals surface area contributed by atoms with Gasteiger partial charge in [0, 0.05) is 44.2 Å². The highest BCUT2D eigenvalue weighted by Gasteiger charge is 2.57. The molecule has 0 saturated heterocycles. The average Bonchev–Trinajstić information content (AvgIpc) is 3.89. The van der Waals surface area contributed by atoms with Crippen molar-refractivity contribution in [1.82, 2.24) is 0 Å². The number of rotatable bonds is 8. The summed E-state index contributed by atoms with van der Waals surface area (Å²) in [5, 5.41) is 4.67. The van der Waals surface area contributed by atoms with E-state index >= 15 is 0 Å². The van der Waals surface area contributed by atoms with E-state index in [9.17, 15) is 0 Å². The smallest absolute Gasteiger partial charge is 0.136 e. The standard InChI is InChI=1S/C67H49NO/c1-66-43-18-17-35-57(66)65-56(34-21-36-58(65)67(66,2)48-26-7-4-8-27-48)52-30-11-15-39-61(52)68(59-37-13-9-28-49(59)47-41-42-54-53-31-12-16-40-62(53)69-63(54)44-47)60-38-14-10-29-51(60)55-33-20-25-46-24-19-32-50(64(46)55)45-22-5-3-6-23-45/h3-44,57H,1-2H3. The Hall–Kier alpha value is -8.46. The highest BCUT2D eigenvalue weighted by molar-refractivity contribution is 6.10. The Morgan fingerprint density at radius 2 is 0.986 bits per heavy atom. The minimum Gasteiger partial charge on any atom is -0.456 e. The minimum atomic E-state index is -0.278. The maximum atomic E-state index is 6.55. The molecule has 69 heavy (non-hydrogen) atoms. The molecule has 0 aliphatic heterocycles. The molecule has 328 valence electrons. The first-order valence-corrected chi connectivity index (χ1v) is 24.1. The molecule has 3 unspecified atom stereocenters. The fraction of sp³-hybridized carbons (Fsp3) is 0.0746. The number of benzene rings is 10. The van der Waals surface area contributed by atoms with Crippen LogP contribution in [0.1, 0.15) is 36.5 Å². The summed E-state index contributed by atoms with van der Waals surface area (Å²) in [6.45, 7) is 4.93. The van der Waals surface area contributed by atoms with Gasteiger partial charge >= 0.3 is 0 Å². The van der Waals surface area contributed by atoms with Crippen molar-refractivity contribution in [2.24, 2.45) is 5.41 Å². The molecule has 0 bridgehead atoms. The Bertz CT molecular complexity index is 3830. The van der Waals surface area contributed by atoms with E-state index in [4.69, 9.17) is 4.42 Å². The molecule has 2 nitrogen and oxygen atoms in total. The SMILES string of the molecule is CC1(c2ccccc2)c2cccc(-c3ccccc3N(c3ccccc3-c3ccc4c(c3)oc3ccccc34)c3ccccc3-c3cccc4cccc(-c5ccccc5)c34)c2C2C=CC=CC21C. The summed E-state index contributed by atoms with van der Waals surface area (Å²) in [5.74, 6) is 0.155. The first kappa shape index (κ1) is 40.8. The summed E-state index contributed by atoms with van der Waals surface area (Å²) >= 11 is 0. The van der Waals surface area contributed by atoms with Crippen LogP contribution < -0.4 is 4.90 Å². The number of furan rings is 1. The van der Waals surface area contributed by atoms with Gasteiger partial charge in [-0.3, -0.25) is 0 Å². The molecule has 0 spiro atoms. The lowest BCUT2D eigenvalue weighted by molar-refractivity contribution is 0.267. The third-order valence-electron chi connectivity index (χ3n) is 15.6. The molecule has 11 aromatic rings. The number of para-hydroxylation sites is 4. The number of hydrogen-bond donors (Lipinski definition) is 0. The number of allylic oxidation sites excluding steroid dienone is 4. The zero-order chi connectivity index (χ0) is 46.1. The summed E-state index contributed by atoms with van der Waals surface area (Å²) in [5.41, 5.74) is 18.0.